The van der Waals surface area contributed by atoms with Gasteiger partial charge in [0.2, 0.25) is 0 Å². The molecule has 1 N–H and O–H groups in total. The molecule has 2 fully saturated rings. The molecular weight excluding hydrogens is 566 g/mol. The summed E-state index contributed by atoms with van der Waals surface area (Å²) in [6.45, 7) is 0. The fourth-order valence-electron chi connectivity index (χ4n) is 7.03. The van der Waals surface area contributed by atoms with Crippen molar-refractivity contribution in [2.75, 3.05) is 7.11 Å². The Morgan fingerprint density at radius 1 is 0.977 bits per heavy atom. The molecule has 1 heterocycles. The van der Waals surface area contributed by atoms with Gasteiger partial charge < -0.3 is 14.4 Å². The van der Waals surface area contributed by atoms with Crippen LogP contribution in [0.25, 0.3) is 11.1 Å². The van der Waals surface area contributed by atoms with Crippen LogP contribution >= 0.6 is 11.6 Å². The summed E-state index contributed by atoms with van der Waals surface area (Å²) in [5, 5.41) is 9.81. The van der Waals surface area contributed by atoms with Crippen molar-refractivity contribution in [3.05, 3.63) is 92.4 Å². The number of carbonyl (C=O) groups is 3. The van der Waals surface area contributed by atoms with Crippen molar-refractivity contribution in [1.82, 2.24) is 4.57 Å². The van der Waals surface area contributed by atoms with Gasteiger partial charge in [0, 0.05) is 42.8 Å². The predicted molar refractivity (Wildman–Crippen MR) is 164 cm³/mol. The monoisotopic (exact) mass is 601 g/mol. The molecular formula is C35H36ClNO6. The summed E-state index contributed by atoms with van der Waals surface area (Å²) in [5.41, 5.74) is 3.37. The van der Waals surface area contributed by atoms with E-state index in [1.165, 1.54) is 22.8 Å². The zero-order valence-electron chi connectivity index (χ0n) is 24.3. The number of nitrogens with zero attached hydrogens (tertiary/aromatic N) is 1. The maximum Gasteiger partial charge on any atom is 0.335 e. The van der Waals surface area contributed by atoms with Gasteiger partial charge in [0.25, 0.3) is 5.56 Å². The van der Waals surface area contributed by atoms with E-state index >= 15 is 0 Å². The minimum Gasteiger partial charge on any atom is -0.478 e. The van der Waals surface area contributed by atoms with Crippen LogP contribution in [0.15, 0.2) is 59.5 Å². The van der Waals surface area contributed by atoms with Crippen molar-refractivity contribution in [1.29, 1.82) is 0 Å². The standard InChI is InChI=1S/C35H36ClNO6/c1-43-26-10-4-21(5-11-26)14-30(31(38)15-22-2-6-23(7-3-22)34(41)42)37-20-29-28(17-33(37)40)27-16-25(36)9-8-24(27)18-35(12-13-35)19-32(29)39/h2-3,6-9,16-17,20-21,26,30H,4-5,10-15,18-19H2,1H3,(H,41,42). The van der Waals surface area contributed by atoms with Crippen LogP contribution in [0.5, 0.6) is 0 Å². The number of ether oxygens (including phenoxy) is 1. The van der Waals surface area contributed by atoms with Gasteiger partial charge in [-0.1, -0.05) is 29.8 Å². The molecule has 0 amide bonds. The topological polar surface area (TPSA) is 103 Å². The Labute approximate surface area is 255 Å². The highest BCUT2D eigenvalue weighted by molar-refractivity contribution is 6.31. The van der Waals surface area contributed by atoms with Crippen molar-refractivity contribution in [2.24, 2.45) is 11.3 Å². The van der Waals surface area contributed by atoms with Crippen LogP contribution < -0.4 is 5.56 Å². The van der Waals surface area contributed by atoms with Crippen LogP contribution in [-0.2, 0) is 22.4 Å². The van der Waals surface area contributed by atoms with Crippen LogP contribution in [0.4, 0.5) is 0 Å². The van der Waals surface area contributed by atoms with E-state index in [9.17, 15) is 24.3 Å². The zero-order chi connectivity index (χ0) is 30.3. The summed E-state index contributed by atoms with van der Waals surface area (Å²) in [4.78, 5) is 53.0. The first kappa shape index (κ1) is 29.5. The summed E-state index contributed by atoms with van der Waals surface area (Å²) in [7, 11) is 1.72. The Hall–Kier alpha value is -3.55. The van der Waals surface area contributed by atoms with E-state index in [-0.39, 0.29) is 46.5 Å². The first-order chi connectivity index (χ1) is 20.6. The van der Waals surface area contributed by atoms with E-state index in [1.54, 1.807) is 25.4 Å². The number of rotatable bonds is 8. The van der Waals surface area contributed by atoms with Crippen LogP contribution in [0.3, 0.4) is 0 Å². The Bertz CT molecular complexity index is 1630. The normalized spacial score (nSPS) is 21.3. The smallest absolute Gasteiger partial charge is 0.335 e. The number of carboxylic acid groups (broad SMARTS) is 1. The third-order valence-corrected chi connectivity index (χ3v) is 10.0. The fourth-order valence-corrected chi connectivity index (χ4v) is 7.20. The minimum absolute atomic E-state index is 0.0112. The van der Waals surface area contributed by atoms with Crippen molar-refractivity contribution in [2.45, 2.75) is 76.4 Å². The number of Topliss-reactive ketones (excluding diaryl/α,β-unsaturated/α-hetero) is 2. The van der Waals surface area contributed by atoms with E-state index in [1.807, 2.05) is 18.2 Å². The summed E-state index contributed by atoms with van der Waals surface area (Å²) in [6, 6.07) is 12.7. The van der Waals surface area contributed by atoms with Gasteiger partial charge in [-0.25, -0.2) is 4.79 Å². The summed E-state index contributed by atoms with van der Waals surface area (Å²) in [6.07, 6.45) is 9.12. The molecule has 1 unspecified atom stereocenters. The fraction of sp³-hybridized carbons (Fsp3) is 0.429. The number of methoxy groups -OCH3 is 1. The van der Waals surface area contributed by atoms with Gasteiger partial charge in [0.15, 0.2) is 11.6 Å². The zero-order valence-corrected chi connectivity index (χ0v) is 25.1. The number of carbonyl (C=O) groups excluding carboxylic acids is 2. The molecule has 3 aliphatic rings. The van der Waals surface area contributed by atoms with Gasteiger partial charge in [0.1, 0.15) is 0 Å². The molecule has 2 aromatic carbocycles. The molecule has 6 rings (SSSR count). The number of hydrogen-bond donors (Lipinski definition) is 1. The van der Waals surface area contributed by atoms with Gasteiger partial charge in [-0.15, -0.1) is 0 Å². The van der Waals surface area contributed by atoms with E-state index in [2.05, 4.69) is 0 Å². The third-order valence-electron chi connectivity index (χ3n) is 9.77. The van der Waals surface area contributed by atoms with E-state index < -0.39 is 12.0 Å². The molecule has 1 atom stereocenters. The maximum atomic E-state index is 14.0. The second-order valence-electron chi connectivity index (χ2n) is 12.7. The number of hydrogen-bond acceptors (Lipinski definition) is 5. The van der Waals surface area contributed by atoms with Crippen LogP contribution in [0.2, 0.25) is 5.02 Å². The highest BCUT2D eigenvalue weighted by atomic mass is 35.5. The minimum atomic E-state index is -1.03. The molecule has 0 bridgehead atoms. The molecule has 2 saturated carbocycles. The Morgan fingerprint density at radius 2 is 1.70 bits per heavy atom. The SMILES string of the molecule is COC1CCC(CC(C(=O)Cc2ccc(C(=O)O)cc2)n2cc3c(cc2=O)-c2cc(Cl)ccc2CC2(CC2)CC3=O)CC1. The summed E-state index contributed by atoms with van der Waals surface area (Å²) >= 11 is 6.40. The lowest BCUT2D eigenvalue weighted by Crippen LogP contribution is -2.34. The lowest BCUT2D eigenvalue weighted by atomic mass is 9.80. The first-order valence-corrected chi connectivity index (χ1v) is 15.5. The number of fused-ring (bicyclic) bond motifs is 3. The number of pyridine rings is 1. The van der Waals surface area contributed by atoms with Gasteiger partial charge in [-0.3, -0.25) is 14.4 Å². The Morgan fingerprint density at radius 3 is 2.35 bits per heavy atom. The van der Waals surface area contributed by atoms with Gasteiger partial charge >= 0.3 is 5.97 Å². The Balaban J connectivity index is 1.39. The van der Waals surface area contributed by atoms with Gasteiger partial charge in [-0.2, -0.15) is 0 Å². The molecule has 3 aliphatic carbocycles. The molecule has 0 radical (unpaired) electrons. The number of ketones is 2. The first-order valence-electron chi connectivity index (χ1n) is 15.1. The molecule has 0 aliphatic heterocycles. The number of benzene rings is 2. The number of carboxylic acids is 1. The lowest BCUT2D eigenvalue weighted by Gasteiger charge is -2.31. The largest absolute Gasteiger partial charge is 0.478 e. The molecule has 224 valence electrons. The molecule has 1 spiro atoms. The van der Waals surface area contributed by atoms with Crippen molar-refractivity contribution in [3.8, 4) is 11.1 Å². The second-order valence-corrected chi connectivity index (χ2v) is 13.1. The molecule has 1 aromatic heterocycles. The van der Waals surface area contributed by atoms with Gasteiger partial charge in [0.05, 0.1) is 17.7 Å². The van der Waals surface area contributed by atoms with Gasteiger partial charge in [-0.05, 0) is 109 Å². The lowest BCUT2D eigenvalue weighted by molar-refractivity contribution is -0.122. The summed E-state index contributed by atoms with van der Waals surface area (Å²) in [5.74, 6) is -0.953. The summed E-state index contributed by atoms with van der Waals surface area (Å²) < 4.78 is 7.03. The van der Waals surface area contributed by atoms with Crippen molar-refractivity contribution >= 4 is 29.1 Å². The molecule has 0 saturated heterocycles. The predicted octanol–water partition coefficient (Wildman–Crippen LogP) is 6.72. The van der Waals surface area contributed by atoms with Crippen LogP contribution in [0, 0.1) is 11.3 Å². The van der Waals surface area contributed by atoms with Crippen molar-refractivity contribution < 1.29 is 24.2 Å². The Kier molecular flexibility index (Phi) is 8.14. The highest BCUT2D eigenvalue weighted by Crippen LogP contribution is 2.54. The number of aromatic carboxylic acids is 1. The maximum absolute atomic E-state index is 14.0. The van der Waals surface area contributed by atoms with E-state index in [0.717, 1.165) is 56.1 Å². The number of aromatic nitrogens is 1. The van der Waals surface area contributed by atoms with Crippen LogP contribution in [-0.4, -0.2) is 40.4 Å². The second kappa shape index (κ2) is 11.9. The quantitative estimate of drug-likeness (QED) is 0.307. The molecule has 43 heavy (non-hydrogen) atoms. The number of halogens is 1. The molecule has 8 heteroatoms. The average molecular weight is 602 g/mol. The third kappa shape index (κ3) is 6.24. The molecule has 3 aromatic rings. The highest BCUT2D eigenvalue weighted by Gasteiger charge is 2.46. The molecule has 7 nitrogen and oxygen atoms in total. The van der Waals surface area contributed by atoms with E-state index in [4.69, 9.17) is 16.3 Å². The van der Waals surface area contributed by atoms with Crippen molar-refractivity contribution in [3.63, 3.8) is 0 Å². The van der Waals surface area contributed by atoms with E-state index in [0.29, 0.717) is 34.6 Å². The van der Waals surface area contributed by atoms with Crippen LogP contribution in [0.1, 0.15) is 89.3 Å². The average Bonchev–Trinajstić information content (AvgIpc) is 3.75.